The van der Waals surface area contributed by atoms with E-state index in [4.69, 9.17) is 11.6 Å². The van der Waals surface area contributed by atoms with Crippen LogP contribution in [0.3, 0.4) is 0 Å². The highest BCUT2D eigenvalue weighted by molar-refractivity contribution is 6.41. The van der Waals surface area contributed by atoms with Crippen molar-refractivity contribution < 1.29 is 14.4 Å². The summed E-state index contributed by atoms with van der Waals surface area (Å²) >= 11 is 6.57. The number of rotatable bonds is 3. The summed E-state index contributed by atoms with van der Waals surface area (Å²) in [7, 11) is 0. The average molecular weight is 481 g/mol. The molecular formula is C26H22Cl2N2O3. The van der Waals surface area contributed by atoms with E-state index in [2.05, 4.69) is 17.0 Å². The average Bonchev–Trinajstić information content (AvgIpc) is 2.83. The molecule has 0 bridgehead atoms. The molecule has 0 aromatic heterocycles. The number of carbonyl (C=O) groups excluding carboxylic acids is 3. The number of ketones is 2. The summed E-state index contributed by atoms with van der Waals surface area (Å²) < 4.78 is 0. The molecule has 1 aliphatic heterocycles. The van der Waals surface area contributed by atoms with Crippen LogP contribution >= 0.6 is 24.0 Å². The van der Waals surface area contributed by atoms with Crippen molar-refractivity contribution >= 4 is 41.5 Å². The van der Waals surface area contributed by atoms with E-state index in [0.717, 1.165) is 19.6 Å². The third-order valence-corrected chi connectivity index (χ3v) is 6.56. The Morgan fingerprint density at radius 3 is 2.03 bits per heavy atom. The van der Waals surface area contributed by atoms with Gasteiger partial charge in [-0.15, -0.1) is 12.4 Å². The van der Waals surface area contributed by atoms with Gasteiger partial charge in [0, 0.05) is 49.4 Å². The van der Waals surface area contributed by atoms with E-state index < -0.39 is 0 Å². The molecule has 1 saturated heterocycles. The highest BCUT2D eigenvalue weighted by Gasteiger charge is 2.34. The molecule has 1 aliphatic carbocycles. The Morgan fingerprint density at radius 2 is 1.36 bits per heavy atom. The Morgan fingerprint density at radius 1 is 0.758 bits per heavy atom. The van der Waals surface area contributed by atoms with Crippen molar-refractivity contribution in [1.29, 1.82) is 0 Å². The smallest absolute Gasteiger partial charge is 0.255 e. The molecule has 0 N–H and O–H groups in total. The van der Waals surface area contributed by atoms with Crippen LogP contribution in [0.5, 0.6) is 0 Å². The number of hydrogen-bond donors (Lipinski definition) is 0. The van der Waals surface area contributed by atoms with E-state index in [1.165, 1.54) is 5.56 Å². The number of amides is 1. The lowest BCUT2D eigenvalue weighted by Gasteiger charge is -2.35. The largest absolute Gasteiger partial charge is 0.336 e. The molecule has 0 unspecified atom stereocenters. The van der Waals surface area contributed by atoms with Crippen LogP contribution in [0.25, 0.3) is 0 Å². The van der Waals surface area contributed by atoms with Crippen molar-refractivity contribution in [2.24, 2.45) is 0 Å². The van der Waals surface area contributed by atoms with Gasteiger partial charge in [0.05, 0.1) is 16.1 Å². The Kier molecular flexibility index (Phi) is 6.66. The molecule has 1 heterocycles. The standard InChI is InChI=1S/C26H21ClN2O3.ClH/c27-23-21(11-10-20-22(23)25(31)19-9-5-4-8-18(19)24(20)30)26(32)29-14-12-28(13-15-29)16-17-6-2-1-3-7-17;/h1-11H,12-16H2;1H. The first-order valence-electron chi connectivity index (χ1n) is 10.6. The summed E-state index contributed by atoms with van der Waals surface area (Å²) in [6.45, 7) is 3.52. The molecule has 0 radical (unpaired) electrons. The number of fused-ring (bicyclic) bond motifs is 2. The van der Waals surface area contributed by atoms with E-state index in [0.29, 0.717) is 24.2 Å². The lowest BCUT2D eigenvalue weighted by molar-refractivity contribution is 0.0628. The zero-order valence-electron chi connectivity index (χ0n) is 17.8. The van der Waals surface area contributed by atoms with Gasteiger partial charge in [0.1, 0.15) is 0 Å². The van der Waals surface area contributed by atoms with Gasteiger partial charge in [0.25, 0.3) is 5.91 Å². The topological polar surface area (TPSA) is 57.7 Å². The fraction of sp³-hybridized carbons (Fsp3) is 0.192. The van der Waals surface area contributed by atoms with Gasteiger partial charge in [-0.1, -0.05) is 66.2 Å². The monoisotopic (exact) mass is 480 g/mol. The quantitative estimate of drug-likeness (QED) is 0.433. The molecule has 5 rings (SSSR count). The van der Waals surface area contributed by atoms with Gasteiger partial charge in [-0.05, 0) is 17.7 Å². The van der Waals surface area contributed by atoms with E-state index in [9.17, 15) is 14.4 Å². The SMILES string of the molecule is Cl.O=C1c2ccccc2C(=O)c2c1ccc(C(=O)N1CCN(Cc3ccccc3)CC1)c2Cl. The van der Waals surface area contributed by atoms with Gasteiger partial charge in [-0.3, -0.25) is 19.3 Å². The van der Waals surface area contributed by atoms with Crippen LogP contribution < -0.4 is 0 Å². The molecule has 3 aromatic carbocycles. The molecule has 168 valence electrons. The number of benzene rings is 3. The first-order chi connectivity index (χ1) is 15.5. The molecule has 1 fully saturated rings. The predicted molar refractivity (Wildman–Crippen MR) is 130 cm³/mol. The number of nitrogens with zero attached hydrogens (tertiary/aromatic N) is 2. The van der Waals surface area contributed by atoms with Crippen LogP contribution in [-0.4, -0.2) is 53.5 Å². The van der Waals surface area contributed by atoms with Crippen LogP contribution in [0, 0.1) is 0 Å². The van der Waals surface area contributed by atoms with Crippen molar-refractivity contribution in [2.75, 3.05) is 26.2 Å². The van der Waals surface area contributed by atoms with Crippen LogP contribution in [-0.2, 0) is 6.54 Å². The minimum absolute atomic E-state index is 0. The fourth-order valence-corrected chi connectivity index (χ4v) is 4.76. The van der Waals surface area contributed by atoms with E-state index in [-0.39, 0.29) is 51.6 Å². The maximum absolute atomic E-state index is 13.2. The first kappa shape index (κ1) is 23.2. The second-order valence-electron chi connectivity index (χ2n) is 8.11. The molecule has 7 heteroatoms. The van der Waals surface area contributed by atoms with Gasteiger partial charge >= 0.3 is 0 Å². The highest BCUT2D eigenvalue weighted by Crippen LogP contribution is 2.34. The summed E-state index contributed by atoms with van der Waals surface area (Å²) in [4.78, 5) is 43.2. The number of halogens is 2. The second-order valence-corrected chi connectivity index (χ2v) is 8.49. The third-order valence-electron chi connectivity index (χ3n) is 6.17. The van der Waals surface area contributed by atoms with Crippen LogP contribution in [0.2, 0.25) is 5.02 Å². The van der Waals surface area contributed by atoms with E-state index >= 15 is 0 Å². The van der Waals surface area contributed by atoms with Crippen molar-refractivity contribution in [3.63, 3.8) is 0 Å². The van der Waals surface area contributed by atoms with Crippen LogP contribution in [0.15, 0.2) is 66.7 Å². The molecule has 0 atom stereocenters. The Balaban J connectivity index is 0.00000259. The maximum Gasteiger partial charge on any atom is 0.255 e. The highest BCUT2D eigenvalue weighted by atomic mass is 35.5. The first-order valence-corrected chi connectivity index (χ1v) is 11.0. The number of hydrogen-bond acceptors (Lipinski definition) is 4. The van der Waals surface area contributed by atoms with Crippen molar-refractivity contribution in [3.05, 3.63) is 105 Å². The van der Waals surface area contributed by atoms with Crippen molar-refractivity contribution in [3.8, 4) is 0 Å². The predicted octanol–water partition coefficient (Wildman–Crippen LogP) is 4.50. The van der Waals surface area contributed by atoms with Crippen LogP contribution in [0.1, 0.15) is 47.8 Å². The minimum atomic E-state index is -0.317. The zero-order chi connectivity index (χ0) is 22.2. The van der Waals surface area contributed by atoms with Gasteiger partial charge in [-0.2, -0.15) is 0 Å². The molecule has 1 amide bonds. The van der Waals surface area contributed by atoms with E-state index in [1.54, 1.807) is 41.3 Å². The lowest BCUT2D eigenvalue weighted by Crippen LogP contribution is -2.48. The van der Waals surface area contributed by atoms with Gasteiger partial charge in [-0.25, -0.2) is 0 Å². The van der Waals surface area contributed by atoms with Gasteiger partial charge < -0.3 is 4.90 Å². The lowest BCUT2D eigenvalue weighted by atomic mass is 9.83. The summed E-state index contributed by atoms with van der Waals surface area (Å²) in [6, 6.07) is 20.1. The Labute approximate surface area is 203 Å². The third kappa shape index (κ3) is 4.20. The summed E-state index contributed by atoms with van der Waals surface area (Å²) in [5.74, 6) is -0.774. The van der Waals surface area contributed by atoms with Crippen molar-refractivity contribution in [1.82, 2.24) is 9.80 Å². The van der Waals surface area contributed by atoms with Crippen molar-refractivity contribution in [2.45, 2.75) is 6.54 Å². The summed E-state index contributed by atoms with van der Waals surface area (Å²) in [6.07, 6.45) is 0. The maximum atomic E-state index is 13.2. The molecule has 33 heavy (non-hydrogen) atoms. The van der Waals surface area contributed by atoms with E-state index in [1.807, 2.05) is 18.2 Å². The number of carbonyl (C=O) groups is 3. The van der Waals surface area contributed by atoms with Gasteiger partial charge in [0.2, 0.25) is 0 Å². The fourth-order valence-electron chi connectivity index (χ4n) is 4.43. The molecule has 3 aromatic rings. The second kappa shape index (κ2) is 9.48. The molecule has 0 saturated carbocycles. The Bertz CT molecular complexity index is 1240. The molecular weight excluding hydrogens is 459 g/mol. The molecule has 2 aliphatic rings. The molecule has 0 spiro atoms. The zero-order valence-corrected chi connectivity index (χ0v) is 19.4. The summed E-state index contributed by atoms with van der Waals surface area (Å²) in [5.41, 5.74) is 2.59. The molecule has 5 nitrogen and oxygen atoms in total. The van der Waals surface area contributed by atoms with Gasteiger partial charge in [0.15, 0.2) is 11.6 Å². The normalized spacial score (nSPS) is 15.5. The van der Waals surface area contributed by atoms with Crippen LogP contribution in [0.4, 0.5) is 0 Å². The Hall–Kier alpha value is -2.99. The summed E-state index contributed by atoms with van der Waals surface area (Å²) in [5, 5.41) is 0.0621. The number of piperazine rings is 1. The minimum Gasteiger partial charge on any atom is -0.336 e.